The summed E-state index contributed by atoms with van der Waals surface area (Å²) >= 11 is 0. The van der Waals surface area contributed by atoms with Gasteiger partial charge in [0.1, 0.15) is 0 Å². The summed E-state index contributed by atoms with van der Waals surface area (Å²) in [4.78, 5) is 0. The first-order valence-electron chi connectivity index (χ1n) is 9.05. The van der Waals surface area contributed by atoms with E-state index in [2.05, 4.69) is 27.7 Å². The Morgan fingerprint density at radius 2 is 1.58 bits per heavy atom. The van der Waals surface area contributed by atoms with Gasteiger partial charge in [-0.25, -0.2) is 0 Å². The smallest absolute Gasteiger partial charge is 0.0246 e. The van der Waals surface area contributed by atoms with Crippen LogP contribution in [0, 0.1) is 40.9 Å². The lowest BCUT2D eigenvalue weighted by molar-refractivity contribution is -0.0978. The molecule has 3 aliphatic rings. The van der Waals surface area contributed by atoms with Crippen LogP contribution < -0.4 is 0 Å². The molecule has 0 saturated heterocycles. The van der Waals surface area contributed by atoms with Crippen LogP contribution in [0.4, 0.5) is 0 Å². The molecule has 0 nitrogen and oxygen atoms in total. The molecule has 0 bridgehead atoms. The van der Waals surface area contributed by atoms with E-state index >= 15 is 0 Å². The normalized spacial score (nSPS) is 50.7. The van der Waals surface area contributed by atoms with E-state index in [1.165, 1.54) is 19.3 Å². The fourth-order valence-electron chi connectivity index (χ4n) is 6.37. The van der Waals surface area contributed by atoms with Crippen molar-refractivity contribution in [1.29, 1.82) is 0 Å². The molecule has 0 aliphatic heterocycles. The summed E-state index contributed by atoms with van der Waals surface area (Å²) in [5, 5.41) is 0. The monoisotopic (exact) mass is 262 g/mol. The van der Waals surface area contributed by atoms with E-state index in [1.54, 1.807) is 32.1 Å². The topological polar surface area (TPSA) is 0 Å². The van der Waals surface area contributed by atoms with Gasteiger partial charge in [0.15, 0.2) is 0 Å². The maximum atomic E-state index is 2.64. The van der Waals surface area contributed by atoms with Crippen LogP contribution in [0.1, 0.15) is 79.1 Å². The third-order valence-electron chi connectivity index (χ3n) is 7.92. The Hall–Kier alpha value is 0. The molecule has 0 spiro atoms. The first-order valence-corrected chi connectivity index (χ1v) is 9.05. The molecule has 0 aromatic heterocycles. The van der Waals surface area contributed by atoms with E-state index in [0.717, 1.165) is 35.5 Å². The van der Waals surface area contributed by atoms with Crippen molar-refractivity contribution in [3.63, 3.8) is 0 Å². The van der Waals surface area contributed by atoms with Gasteiger partial charge in [0.25, 0.3) is 0 Å². The van der Waals surface area contributed by atoms with Gasteiger partial charge < -0.3 is 0 Å². The maximum Gasteiger partial charge on any atom is -0.0246 e. The molecule has 0 heterocycles. The van der Waals surface area contributed by atoms with E-state index in [4.69, 9.17) is 0 Å². The van der Waals surface area contributed by atoms with Crippen LogP contribution >= 0.6 is 0 Å². The highest BCUT2D eigenvalue weighted by molar-refractivity contribution is 5.02. The van der Waals surface area contributed by atoms with Crippen molar-refractivity contribution in [1.82, 2.24) is 0 Å². The van der Waals surface area contributed by atoms with E-state index < -0.39 is 0 Å². The fraction of sp³-hybridized carbons (Fsp3) is 1.00. The summed E-state index contributed by atoms with van der Waals surface area (Å²) in [5.74, 6) is 6.14. The minimum Gasteiger partial charge on any atom is -0.0622 e. The first-order chi connectivity index (χ1) is 9.05. The SMILES string of the molecule is CC(C)C1(C)C(C)CCC2C3CCCCC3CCC21. The predicted octanol–water partition coefficient (Wildman–Crippen LogP) is 5.91. The Kier molecular flexibility index (Phi) is 3.73. The van der Waals surface area contributed by atoms with Gasteiger partial charge in [-0.05, 0) is 73.0 Å². The minimum absolute atomic E-state index is 0.616. The van der Waals surface area contributed by atoms with Crippen molar-refractivity contribution in [2.75, 3.05) is 0 Å². The zero-order valence-corrected chi connectivity index (χ0v) is 13.6. The van der Waals surface area contributed by atoms with Crippen LogP contribution in [0.3, 0.4) is 0 Å². The number of hydrogen-bond donors (Lipinski definition) is 0. The van der Waals surface area contributed by atoms with Crippen molar-refractivity contribution in [3.8, 4) is 0 Å². The molecule has 0 amide bonds. The van der Waals surface area contributed by atoms with Gasteiger partial charge in [0, 0.05) is 0 Å². The average molecular weight is 262 g/mol. The van der Waals surface area contributed by atoms with Crippen molar-refractivity contribution >= 4 is 0 Å². The summed E-state index contributed by atoms with van der Waals surface area (Å²) in [7, 11) is 0. The first kappa shape index (κ1) is 14.0. The predicted molar refractivity (Wildman–Crippen MR) is 83.0 cm³/mol. The highest BCUT2D eigenvalue weighted by atomic mass is 14.6. The third kappa shape index (κ3) is 2.09. The molecule has 3 fully saturated rings. The van der Waals surface area contributed by atoms with E-state index in [9.17, 15) is 0 Å². The van der Waals surface area contributed by atoms with Gasteiger partial charge in [0.2, 0.25) is 0 Å². The molecule has 3 saturated carbocycles. The van der Waals surface area contributed by atoms with Gasteiger partial charge in [0.05, 0.1) is 0 Å². The number of hydrogen-bond acceptors (Lipinski definition) is 0. The summed E-state index contributed by atoms with van der Waals surface area (Å²) in [5.41, 5.74) is 0.616. The van der Waals surface area contributed by atoms with Crippen LogP contribution in [-0.2, 0) is 0 Å². The second-order valence-electron chi connectivity index (χ2n) is 8.56. The Morgan fingerprint density at radius 1 is 0.842 bits per heavy atom. The Bertz CT molecular complexity index is 318. The lowest BCUT2D eigenvalue weighted by atomic mass is 9.46. The van der Waals surface area contributed by atoms with Crippen LogP contribution in [0.5, 0.6) is 0 Å². The molecule has 6 atom stereocenters. The molecule has 0 N–H and O–H groups in total. The number of rotatable bonds is 1. The molecular formula is C19H34. The van der Waals surface area contributed by atoms with Gasteiger partial charge in [-0.3, -0.25) is 0 Å². The van der Waals surface area contributed by atoms with Gasteiger partial charge in [-0.1, -0.05) is 47.0 Å². The summed E-state index contributed by atoms with van der Waals surface area (Å²) < 4.78 is 0. The summed E-state index contributed by atoms with van der Waals surface area (Å²) in [6, 6.07) is 0. The quantitative estimate of drug-likeness (QED) is 0.551. The molecule has 0 aromatic carbocycles. The van der Waals surface area contributed by atoms with Crippen LogP contribution in [-0.4, -0.2) is 0 Å². The van der Waals surface area contributed by atoms with Crippen molar-refractivity contribution in [3.05, 3.63) is 0 Å². The van der Waals surface area contributed by atoms with Gasteiger partial charge >= 0.3 is 0 Å². The second kappa shape index (κ2) is 5.08. The van der Waals surface area contributed by atoms with Crippen molar-refractivity contribution < 1.29 is 0 Å². The standard InChI is InChI=1S/C19H34/c1-13(2)19(4)14(3)9-11-17-16-8-6-5-7-15(16)10-12-18(17)19/h13-18H,5-12H2,1-4H3. The number of fused-ring (bicyclic) bond motifs is 3. The third-order valence-corrected chi connectivity index (χ3v) is 7.92. The van der Waals surface area contributed by atoms with Crippen molar-refractivity contribution in [2.24, 2.45) is 40.9 Å². The fourth-order valence-corrected chi connectivity index (χ4v) is 6.37. The zero-order valence-electron chi connectivity index (χ0n) is 13.6. The Balaban J connectivity index is 1.86. The lowest BCUT2D eigenvalue weighted by Gasteiger charge is -2.59. The molecule has 3 rings (SSSR count). The molecule has 6 unspecified atom stereocenters. The van der Waals surface area contributed by atoms with Crippen LogP contribution in [0.2, 0.25) is 0 Å². The Labute approximate surface area is 120 Å². The van der Waals surface area contributed by atoms with Gasteiger partial charge in [-0.15, -0.1) is 0 Å². The van der Waals surface area contributed by atoms with Crippen molar-refractivity contribution in [2.45, 2.75) is 79.1 Å². The van der Waals surface area contributed by atoms with Crippen LogP contribution in [0.15, 0.2) is 0 Å². The van der Waals surface area contributed by atoms with E-state index in [1.807, 2.05) is 0 Å². The highest BCUT2D eigenvalue weighted by Gasteiger charge is 2.52. The second-order valence-corrected chi connectivity index (χ2v) is 8.56. The lowest BCUT2D eigenvalue weighted by Crippen LogP contribution is -2.51. The largest absolute Gasteiger partial charge is 0.0622 e. The summed E-state index contributed by atoms with van der Waals surface area (Å²) in [6.07, 6.45) is 12.3. The molecule has 0 heteroatoms. The average Bonchev–Trinajstić information content (AvgIpc) is 2.42. The molecule has 0 radical (unpaired) electrons. The van der Waals surface area contributed by atoms with Crippen LogP contribution in [0.25, 0.3) is 0 Å². The molecule has 0 aromatic rings. The molecule has 3 aliphatic carbocycles. The Morgan fingerprint density at radius 3 is 2.32 bits per heavy atom. The zero-order chi connectivity index (χ0) is 13.6. The molecule has 19 heavy (non-hydrogen) atoms. The summed E-state index contributed by atoms with van der Waals surface area (Å²) in [6.45, 7) is 10.2. The molecular weight excluding hydrogens is 228 g/mol. The minimum atomic E-state index is 0.616. The van der Waals surface area contributed by atoms with Gasteiger partial charge in [-0.2, -0.15) is 0 Å². The van der Waals surface area contributed by atoms with E-state index in [-0.39, 0.29) is 0 Å². The van der Waals surface area contributed by atoms with E-state index in [0.29, 0.717) is 5.41 Å². The maximum absolute atomic E-state index is 2.64. The molecule has 110 valence electrons. The highest BCUT2D eigenvalue weighted by Crippen LogP contribution is 2.61.